The molecule has 0 fully saturated rings. The molecule has 0 spiro atoms. The molecule has 4 aromatic carbocycles. The van der Waals surface area contributed by atoms with Crippen molar-refractivity contribution in [2.75, 3.05) is 6.16 Å². The Balaban J connectivity index is 1.52. The molecular weight excluding hydrogens is 427 g/mol. The van der Waals surface area contributed by atoms with Crippen molar-refractivity contribution in [3.05, 3.63) is 126 Å². The maximum atomic E-state index is 6.14. The molecule has 0 amide bonds. The van der Waals surface area contributed by atoms with Gasteiger partial charge in [0.25, 0.3) is 0 Å². The Bertz CT molecular complexity index is 981. The Hall–Kier alpha value is -2.40. The second kappa shape index (κ2) is 11.5. The molecule has 0 aliphatic heterocycles. The van der Waals surface area contributed by atoms with Crippen LogP contribution in [0.4, 0.5) is 0 Å². The Kier molecular flexibility index (Phi) is 8.16. The molecule has 0 nitrogen and oxygen atoms in total. The number of aryl methyl sites for hydroxylation is 1. The molecule has 0 aliphatic carbocycles. The summed E-state index contributed by atoms with van der Waals surface area (Å²) in [7, 11) is -2.07. The molecule has 0 N–H and O–H groups in total. The number of hydrogen-bond acceptors (Lipinski definition) is 0. The van der Waals surface area contributed by atoms with Crippen LogP contribution in [0.25, 0.3) is 0 Å². The average Bonchev–Trinajstić information content (AvgIpc) is 2.85. The second-order valence-corrected chi connectivity index (χ2v) is 13.0. The number of unbranched alkanes of at least 4 members (excludes halogenated alkanes) is 3. The second-order valence-electron chi connectivity index (χ2n) is 8.55. The fourth-order valence-corrected chi connectivity index (χ4v) is 10.0. The number of halogens is 1. The van der Waals surface area contributed by atoms with Gasteiger partial charge in [0.05, 0.1) is 0 Å². The van der Waals surface area contributed by atoms with Crippen molar-refractivity contribution in [1.82, 2.24) is 0 Å². The Morgan fingerprint density at radius 3 is 1.50 bits per heavy atom. The van der Waals surface area contributed by atoms with Gasteiger partial charge in [-0.1, -0.05) is 0 Å². The molecule has 164 valence electrons. The number of rotatable bonds is 10. The molecule has 0 heterocycles. The summed E-state index contributed by atoms with van der Waals surface area (Å²) in [6.45, 7) is 0. The monoisotopic (exact) mass is 458 g/mol. The van der Waals surface area contributed by atoms with Crippen LogP contribution in [0, 0.1) is 0 Å². The molecular formula is C30H32ClP. The zero-order chi connectivity index (χ0) is 22.1. The summed E-state index contributed by atoms with van der Waals surface area (Å²) in [6.07, 6.45) is 7.34. The minimum atomic E-state index is -2.07. The third-order valence-electron chi connectivity index (χ3n) is 6.46. The van der Waals surface area contributed by atoms with Gasteiger partial charge in [0.1, 0.15) is 0 Å². The van der Waals surface area contributed by atoms with E-state index in [0.29, 0.717) is 0 Å². The Morgan fingerprint density at radius 2 is 1.00 bits per heavy atom. The van der Waals surface area contributed by atoms with Gasteiger partial charge in [0, 0.05) is 0 Å². The van der Waals surface area contributed by atoms with E-state index in [1.54, 1.807) is 0 Å². The van der Waals surface area contributed by atoms with E-state index in [9.17, 15) is 0 Å². The molecule has 32 heavy (non-hydrogen) atoms. The summed E-state index contributed by atoms with van der Waals surface area (Å²) in [5.41, 5.74) is 1.35. The van der Waals surface area contributed by atoms with E-state index in [1.165, 1.54) is 53.3 Å². The first-order chi connectivity index (χ1) is 15.8. The van der Waals surface area contributed by atoms with E-state index in [0.717, 1.165) is 11.4 Å². The van der Waals surface area contributed by atoms with Gasteiger partial charge in [-0.25, -0.2) is 0 Å². The van der Waals surface area contributed by atoms with Crippen molar-refractivity contribution in [3.63, 3.8) is 0 Å². The first-order valence-electron chi connectivity index (χ1n) is 11.7. The van der Waals surface area contributed by atoms with Gasteiger partial charge in [-0.15, -0.1) is 0 Å². The van der Waals surface area contributed by atoms with Crippen LogP contribution in [0.15, 0.2) is 115 Å². The van der Waals surface area contributed by atoms with Crippen molar-refractivity contribution in [3.8, 4) is 0 Å². The van der Waals surface area contributed by atoms with Crippen LogP contribution in [0.1, 0.15) is 31.2 Å². The first kappa shape index (κ1) is 22.8. The van der Waals surface area contributed by atoms with Gasteiger partial charge in [0.2, 0.25) is 0 Å². The van der Waals surface area contributed by atoms with E-state index >= 15 is 0 Å². The number of hydrogen-bond donors (Lipinski definition) is 0. The fourth-order valence-electron chi connectivity index (χ4n) is 4.87. The molecule has 4 rings (SSSR count). The Labute approximate surface area is 198 Å². The zero-order valence-electron chi connectivity index (χ0n) is 18.6. The summed E-state index contributed by atoms with van der Waals surface area (Å²) in [5.74, 6) is 0. The SMILES string of the molecule is Clc1cccc(CCCCCC[PH](c2ccccc2)(c2ccccc2)c2ccccc2)c1. The molecule has 2 heteroatoms. The van der Waals surface area contributed by atoms with E-state index < -0.39 is 7.26 Å². The number of benzene rings is 4. The van der Waals surface area contributed by atoms with Crippen LogP contribution >= 0.6 is 18.9 Å². The van der Waals surface area contributed by atoms with Crippen molar-refractivity contribution in [2.45, 2.75) is 32.1 Å². The summed E-state index contributed by atoms with van der Waals surface area (Å²) < 4.78 is 0. The molecule has 0 saturated carbocycles. The molecule has 0 saturated heterocycles. The summed E-state index contributed by atoms with van der Waals surface area (Å²) >= 11 is 6.14. The van der Waals surface area contributed by atoms with Crippen molar-refractivity contribution in [1.29, 1.82) is 0 Å². The molecule has 0 radical (unpaired) electrons. The van der Waals surface area contributed by atoms with E-state index in [1.807, 2.05) is 6.07 Å². The average molecular weight is 459 g/mol. The van der Waals surface area contributed by atoms with Crippen LogP contribution in [0.3, 0.4) is 0 Å². The van der Waals surface area contributed by atoms with Crippen molar-refractivity contribution >= 4 is 34.8 Å². The van der Waals surface area contributed by atoms with Crippen LogP contribution in [0.5, 0.6) is 0 Å². The molecule has 0 bridgehead atoms. The van der Waals surface area contributed by atoms with E-state index in [4.69, 9.17) is 11.6 Å². The molecule has 0 aromatic heterocycles. The van der Waals surface area contributed by atoms with Crippen LogP contribution in [0.2, 0.25) is 5.02 Å². The van der Waals surface area contributed by atoms with Crippen LogP contribution < -0.4 is 15.9 Å². The molecule has 0 aliphatic rings. The predicted molar refractivity (Wildman–Crippen MR) is 145 cm³/mol. The quantitative estimate of drug-likeness (QED) is 0.174. The molecule has 0 unspecified atom stereocenters. The van der Waals surface area contributed by atoms with E-state index in [-0.39, 0.29) is 0 Å². The standard InChI is InChI=1S/C30H32ClP/c31-27-17-14-16-26(25-27)15-6-1-2-13-24-32(28-18-7-3-8-19-28,29-20-9-4-10-21-29)30-22-11-5-12-23-30/h3-5,7-12,14,16-23,25,32H,1-2,6,13,15,24H2. The fraction of sp³-hybridized carbons (Fsp3) is 0.200. The minimum absolute atomic E-state index is 0.840. The van der Waals surface area contributed by atoms with Gasteiger partial charge in [-0.2, -0.15) is 0 Å². The van der Waals surface area contributed by atoms with Gasteiger partial charge < -0.3 is 0 Å². The van der Waals surface area contributed by atoms with Gasteiger partial charge in [0.15, 0.2) is 0 Å². The third-order valence-corrected chi connectivity index (χ3v) is 11.8. The van der Waals surface area contributed by atoms with Gasteiger partial charge in [-0.05, 0) is 0 Å². The first-order valence-corrected chi connectivity index (χ1v) is 14.3. The summed E-state index contributed by atoms with van der Waals surface area (Å²) in [5, 5.41) is 5.37. The summed E-state index contributed by atoms with van der Waals surface area (Å²) in [6, 6.07) is 42.0. The van der Waals surface area contributed by atoms with Crippen molar-refractivity contribution in [2.24, 2.45) is 0 Å². The van der Waals surface area contributed by atoms with Crippen LogP contribution in [-0.2, 0) is 6.42 Å². The third kappa shape index (κ3) is 5.50. The van der Waals surface area contributed by atoms with Gasteiger partial charge in [-0.3, -0.25) is 0 Å². The predicted octanol–water partition coefficient (Wildman–Crippen LogP) is 7.17. The Morgan fingerprint density at radius 1 is 0.500 bits per heavy atom. The van der Waals surface area contributed by atoms with E-state index in [2.05, 4.69) is 109 Å². The topological polar surface area (TPSA) is 0 Å². The van der Waals surface area contributed by atoms with Gasteiger partial charge >= 0.3 is 199 Å². The maximum absolute atomic E-state index is 6.14. The summed E-state index contributed by atoms with van der Waals surface area (Å²) in [4.78, 5) is 0. The van der Waals surface area contributed by atoms with Crippen LogP contribution in [-0.4, -0.2) is 6.16 Å². The normalized spacial score (nSPS) is 11.9. The van der Waals surface area contributed by atoms with Crippen molar-refractivity contribution < 1.29 is 0 Å². The molecule has 0 atom stereocenters. The zero-order valence-corrected chi connectivity index (χ0v) is 20.3. The molecule has 4 aromatic rings.